The maximum Gasteiger partial charge on any atom is 0.274 e. The molecule has 1 fully saturated rings. The van der Waals surface area contributed by atoms with Crippen LogP contribution in [0.25, 0.3) is 0 Å². The van der Waals surface area contributed by atoms with Crippen molar-refractivity contribution in [2.24, 2.45) is 0 Å². The molecule has 0 bridgehead atoms. The van der Waals surface area contributed by atoms with E-state index in [1.807, 2.05) is 19.1 Å². The van der Waals surface area contributed by atoms with Crippen LogP contribution in [0.15, 0.2) is 65.2 Å². The highest BCUT2D eigenvalue weighted by Gasteiger charge is 2.25. The van der Waals surface area contributed by atoms with E-state index in [2.05, 4.69) is 20.5 Å². The van der Waals surface area contributed by atoms with Gasteiger partial charge in [0.05, 0.1) is 19.3 Å². The highest BCUT2D eigenvalue weighted by atomic mass is 16.5. The minimum atomic E-state index is -0.301. The van der Waals surface area contributed by atoms with Crippen LogP contribution in [0.5, 0.6) is 0 Å². The number of morpholine rings is 1. The third-order valence-corrected chi connectivity index (χ3v) is 5.33. The quantitative estimate of drug-likeness (QED) is 0.593. The van der Waals surface area contributed by atoms with Gasteiger partial charge in [-0.1, -0.05) is 6.07 Å². The monoisotopic (exact) mass is 434 g/mol. The number of aryl methyl sites for hydroxylation is 1. The van der Waals surface area contributed by atoms with Gasteiger partial charge in [0.2, 0.25) is 0 Å². The molecular weight excluding hydrogens is 408 g/mol. The lowest BCUT2D eigenvalue weighted by molar-refractivity contribution is 0.0117. The third kappa shape index (κ3) is 5.40. The summed E-state index contributed by atoms with van der Waals surface area (Å²) in [6.07, 6.45) is 1.57. The van der Waals surface area contributed by atoms with E-state index < -0.39 is 0 Å². The topological polar surface area (TPSA) is 96.7 Å². The van der Waals surface area contributed by atoms with Crippen molar-refractivity contribution in [3.05, 3.63) is 83.6 Å². The minimum Gasteiger partial charge on any atom is -0.465 e. The summed E-state index contributed by atoms with van der Waals surface area (Å²) in [4.78, 5) is 31.3. The molecule has 1 unspecified atom stereocenters. The molecule has 0 aliphatic carbocycles. The second-order valence-electron chi connectivity index (χ2n) is 7.57. The Morgan fingerprint density at radius 1 is 1.03 bits per heavy atom. The van der Waals surface area contributed by atoms with E-state index in [1.54, 1.807) is 48.7 Å². The van der Waals surface area contributed by atoms with Crippen LogP contribution in [0.1, 0.15) is 38.4 Å². The lowest BCUT2D eigenvalue weighted by Gasteiger charge is -2.33. The van der Waals surface area contributed by atoms with Gasteiger partial charge in [-0.3, -0.25) is 19.5 Å². The number of amides is 2. The molecule has 1 atom stereocenters. The number of anilines is 1. The highest BCUT2D eigenvalue weighted by Crippen LogP contribution is 2.23. The fraction of sp³-hybridized carbons (Fsp3) is 0.292. The van der Waals surface area contributed by atoms with Crippen molar-refractivity contribution in [2.45, 2.75) is 13.0 Å². The first-order chi connectivity index (χ1) is 15.6. The largest absolute Gasteiger partial charge is 0.465 e. The summed E-state index contributed by atoms with van der Waals surface area (Å²) in [5, 5.41) is 5.79. The first-order valence-corrected chi connectivity index (χ1v) is 10.6. The van der Waals surface area contributed by atoms with Crippen LogP contribution in [0.2, 0.25) is 0 Å². The Morgan fingerprint density at radius 2 is 1.81 bits per heavy atom. The van der Waals surface area contributed by atoms with E-state index in [0.29, 0.717) is 36.7 Å². The Morgan fingerprint density at radius 3 is 2.47 bits per heavy atom. The van der Waals surface area contributed by atoms with E-state index in [-0.39, 0.29) is 17.9 Å². The highest BCUT2D eigenvalue weighted by molar-refractivity contribution is 6.03. The molecule has 1 aliphatic heterocycles. The number of ether oxygens (including phenoxy) is 1. The molecule has 0 radical (unpaired) electrons. The molecule has 4 rings (SSSR count). The molecule has 166 valence electrons. The van der Waals surface area contributed by atoms with Crippen LogP contribution < -0.4 is 10.6 Å². The summed E-state index contributed by atoms with van der Waals surface area (Å²) in [5.74, 6) is 1.18. The number of pyridine rings is 1. The van der Waals surface area contributed by atoms with E-state index in [1.165, 1.54) is 0 Å². The van der Waals surface area contributed by atoms with Crippen molar-refractivity contribution in [3.8, 4) is 0 Å². The number of benzene rings is 1. The van der Waals surface area contributed by atoms with Crippen LogP contribution in [0.3, 0.4) is 0 Å². The molecule has 3 heterocycles. The smallest absolute Gasteiger partial charge is 0.274 e. The van der Waals surface area contributed by atoms with Crippen molar-refractivity contribution in [1.82, 2.24) is 15.2 Å². The molecule has 3 aromatic rings. The van der Waals surface area contributed by atoms with E-state index in [0.717, 1.165) is 24.6 Å². The van der Waals surface area contributed by atoms with Gasteiger partial charge in [0, 0.05) is 37.1 Å². The van der Waals surface area contributed by atoms with E-state index in [4.69, 9.17) is 9.15 Å². The second-order valence-corrected chi connectivity index (χ2v) is 7.57. The molecule has 0 spiro atoms. The third-order valence-electron chi connectivity index (χ3n) is 5.33. The number of carbonyl (C=O) groups is 2. The molecule has 32 heavy (non-hydrogen) atoms. The Hall–Kier alpha value is -3.49. The Labute approximate surface area is 186 Å². The zero-order valence-corrected chi connectivity index (χ0v) is 17.9. The number of rotatable bonds is 7. The first kappa shape index (κ1) is 21.7. The maximum absolute atomic E-state index is 12.7. The van der Waals surface area contributed by atoms with Crippen LogP contribution in [0, 0.1) is 6.92 Å². The predicted molar refractivity (Wildman–Crippen MR) is 120 cm³/mol. The lowest BCUT2D eigenvalue weighted by atomic mass is 10.1. The van der Waals surface area contributed by atoms with Crippen LogP contribution >= 0.6 is 0 Å². The van der Waals surface area contributed by atoms with Gasteiger partial charge in [-0.15, -0.1) is 0 Å². The fourth-order valence-electron chi connectivity index (χ4n) is 3.62. The van der Waals surface area contributed by atoms with Gasteiger partial charge in [0.25, 0.3) is 11.8 Å². The lowest BCUT2D eigenvalue weighted by Crippen LogP contribution is -2.43. The molecule has 1 saturated heterocycles. The SMILES string of the molecule is Cc1ccc(C(CNC(=O)c2ccc(NC(=O)c3ccccn3)cc2)N2CCOCC2)o1. The minimum absolute atomic E-state index is 0.0616. The van der Waals surface area contributed by atoms with Gasteiger partial charge < -0.3 is 19.8 Å². The van der Waals surface area contributed by atoms with E-state index in [9.17, 15) is 9.59 Å². The zero-order chi connectivity index (χ0) is 22.3. The van der Waals surface area contributed by atoms with Crippen molar-refractivity contribution in [1.29, 1.82) is 0 Å². The van der Waals surface area contributed by atoms with Gasteiger partial charge in [0.1, 0.15) is 17.2 Å². The number of nitrogens with zero attached hydrogens (tertiary/aromatic N) is 2. The van der Waals surface area contributed by atoms with Gasteiger partial charge in [-0.25, -0.2) is 0 Å². The van der Waals surface area contributed by atoms with Gasteiger partial charge in [-0.05, 0) is 55.5 Å². The number of carbonyl (C=O) groups excluding carboxylic acids is 2. The van der Waals surface area contributed by atoms with Crippen LogP contribution in [0.4, 0.5) is 5.69 Å². The van der Waals surface area contributed by atoms with Crippen molar-refractivity contribution in [3.63, 3.8) is 0 Å². The predicted octanol–water partition coefficient (Wildman–Crippen LogP) is 3.04. The van der Waals surface area contributed by atoms with Gasteiger partial charge in [0.15, 0.2) is 0 Å². The average molecular weight is 434 g/mol. The van der Waals surface area contributed by atoms with Crippen LogP contribution in [-0.2, 0) is 4.74 Å². The van der Waals surface area contributed by atoms with Crippen molar-refractivity contribution >= 4 is 17.5 Å². The molecular formula is C24H26N4O4. The average Bonchev–Trinajstić information content (AvgIpc) is 3.26. The zero-order valence-electron chi connectivity index (χ0n) is 17.9. The summed E-state index contributed by atoms with van der Waals surface area (Å²) in [6, 6.07) is 15.7. The molecule has 0 saturated carbocycles. The molecule has 2 amide bonds. The summed E-state index contributed by atoms with van der Waals surface area (Å²) in [5.41, 5.74) is 1.43. The molecule has 8 nitrogen and oxygen atoms in total. The number of furan rings is 1. The number of aromatic nitrogens is 1. The number of nitrogens with one attached hydrogen (secondary N) is 2. The summed E-state index contributed by atoms with van der Waals surface area (Å²) in [6.45, 7) is 5.22. The number of hydrogen-bond acceptors (Lipinski definition) is 6. The Balaban J connectivity index is 1.37. The fourth-order valence-corrected chi connectivity index (χ4v) is 3.62. The normalized spacial score (nSPS) is 15.2. The van der Waals surface area contributed by atoms with Gasteiger partial charge >= 0.3 is 0 Å². The molecule has 2 aromatic heterocycles. The molecule has 2 N–H and O–H groups in total. The van der Waals surface area contributed by atoms with Crippen molar-refractivity contribution < 1.29 is 18.7 Å². The molecule has 1 aromatic carbocycles. The maximum atomic E-state index is 12.7. The van der Waals surface area contributed by atoms with Crippen LogP contribution in [-0.4, -0.2) is 54.5 Å². The number of hydrogen-bond donors (Lipinski definition) is 2. The Kier molecular flexibility index (Phi) is 6.94. The second kappa shape index (κ2) is 10.2. The molecule has 1 aliphatic rings. The molecule has 8 heteroatoms. The summed E-state index contributed by atoms with van der Waals surface area (Å²) >= 11 is 0. The first-order valence-electron chi connectivity index (χ1n) is 10.6. The van der Waals surface area contributed by atoms with Crippen molar-refractivity contribution in [2.75, 3.05) is 38.2 Å². The Bertz CT molecular complexity index is 1040. The van der Waals surface area contributed by atoms with Gasteiger partial charge in [-0.2, -0.15) is 0 Å². The summed E-state index contributed by atoms with van der Waals surface area (Å²) < 4.78 is 11.3. The summed E-state index contributed by atoms with van der Waals surface area (Å²) in [7, 11) is 0. The van der Waals surface area contributed by atoms with E-state index >= 15 is 0 Å². The standard InChI is InChI=1S/C24H26N4O4/c1-17-5-10-22(32-17)21(28-12-14-31-15-13-28)16-26-23(29)18-6-8-19(9-7-18)27-24(30)20-4-2-3-11-25-20/h2-11,21H,12-16H2,1H3,(H,26,29)(H,27,30).